The van der Waals surface area contributed by atoms with Gasteiger partial charge in [-0.3, -0.25) is 4.79 Å². The molecule has 0 spiro atoms. The van der Waals surface area contributed by atoms with Crippen molar-refractivity contribution < 1.29 is 14.3 Å². The summed E-state index contributed by atoms with van der Waals surface area (Å²) in [5, 5.41) is 2.74. The Morgan fingerprint density at radius 3 is 2.68 bits per heavy atom. The Hall–Kier alpha value is -2.14. The van der Waals surface area contributed by atoms with E-state index >= 15 is 0 Å². The third-order valence-electron chi connectivity index (χ3n) is 2.79. The van der Waals surface area contributed by atoms with Gasteiger partial charge >= 0.3 is 6.09 Å². The number of alkyl carbamates (subject to hydrolysis) is 1. The van der Waals surface area contributed by atoms with E-state index in [-0.39, 0.29) is 0 Å². The summed E-state index contributed by atoms with van der Waals surface area (Å²) in [6.07, 6.45) is 0.416. The minimum Gasteiger partial charge on any atom is -0.444 e. The van der Waals surface area contributed by atoms with Crippen LogP contribution in [0.3, 0.4) is 0 Å². The molecule has 0 radical (unpaired) electrons. The molecule has 0 atom stereocenters. The molecule has 2 aromatic rings. The van der Waals surface area contributed by atoms with Crippen molar-refractivity contribution in [3.8, 4) is 10.4 Å². The van der Waals surface area contributed by atoms with Crippen molar-refractivity contribution in [2.75, 3.05) is 0 Å². The van der Waals surface area contributed by atoms with E-state index in [9.17, 15) is 9.59 Å². The van der Waals surface area contributed by atoms with Crippen molar-refractivity contribution in [2.45, 2.75) is 32.9 Å². The molecular formula is C17H19NO3S. The summed E-state index contributed by atoms with van der Waals surface area (Å²) in [5.41, 5.74) is 1.50. The van der Waals surface area contributed by atoms with E-state index in [4.69, 9.17) is 4.74 Å². The number of amides is 1. The number of thiophene rings is 1. The lowest BCUT2D eigenvalue weighted by Crippen LogP contribution is -2.32. The number of benzene rings is 1. The summed E-state index contributed by atoms with van der Waals surface area (Å²) in [5.74, 6) is 0. The molecule has 1 aromatic heterocycles. The Morgan fingerprint density at radius 2 is 2.05 bits per heavy atom. The van der Waals surface area contributed by atoms with Crippen LogP contribution in [-0.2, 0) is 11.3 Å². The minimum atomic E-state index is -0.506. The average molecular weight is 317 g/mol. The van der Waals surface area contributed by atoms with Gasteiger partial charge < -0.3 is 10.1 Å². The van der Waals surface area contributed by atoms with Crippen molar-refractivity contribution in [1.82, 2.24) is 5.32 Å². The van der Waals surface area contributed by atoms with Gasteiger partial charge in [0.25, 0.3) is 0 Å². The molecule has 1 aromatic carbocycles. The third-order valence-corrected chi connectivity index (χ3v) is 3.85. The zero-order valence-electron chi connectivity index (χ0n) is 12.9. The minimum absolute atomic E-state index is 0.397. The van der Waals surface area contributed by atoms with Crippen molar-refractivity contribution in [1.29, 1.82) is 0 Å². The molecule has 1 heterocycles. The highest BCUT2D eigenvalue weighted by atomic mass is 32.1. The smallest absolute Gasteiger partial charge is 0.407 e. The van der Waals surface area contributed by atoms with Gasteiger partial charge in [-0.2, -0.15) is 0 Å². The molecule has 116 valence electrons. The lowest BCUT2D eigenvalue weighted by molar-refractivity contribution is 0.0523. The van der Waals surface area contributed by atoms with Gasteiger partial charge in [0.15, 0.2) is 6.29 Å². The molecule has 0 aliphatic heterocycles. The summed E-state index contributed by atoms with van der Waals surface area (Å²) >= 11 is 1.45. The summed E-state index contributed by atoms with van der Waals surface area (Å²) < 4.78 is 5.21. The number of carbonyl (C=O) groups excluding carboxylic acids is 2. The molecular weight excluding hydrogens is 298 g/mol. The Bertz CT molecular complexity index is 671. The highest BCUT2D eigenvalue weighted by Gasteiger charge is 2.15. The van der Waals surface area contributed by atoms with Gasteiger partial charge in [-0.05, 0) is 50.1 Å². The molecule has 0 bridgehead atoms. The molecule has 1 N–H and O–H groups in total. The Labute approximate surface area is 134 Å². The number of carbonyl (C=O) groups is 2. The van der Waals surface area contributed by atoms with E-state index in [1.807, 2.05) is 51.1 Å². The van der Waals surface area contributed by atoms with Crippen molar-refractivity contribution in [3.63, 3.8) is 0 Å². The van der Waals surface area contributed by atoms with Crippen LogP contribution in [0.5, 0.6) is 0 Å². The maximum absolute atomic E-state index is 11.7. The largest absolute Gasteiger partial charge is 0.444 e. The first kappa shape index (κ1) is 16.2. The van der Waals surface area contributed by atoms with Crippen LogP contribution in [-0.4, -0.2) is 18.0 Å². The lowest BCUT2D eigenvalue weighted by Gasteiger charge is -2.19. The van der Waals surface area contributed by atoms with E-state index in [1.54, 1.807) is 6.07 Å². The number of ether oxygens (including phenoxy) is 1. The molecule has 4 nitrogen and oxygen atoms in total. The molecule has 5 heteroatoms. The summed E-state index contributed by atoms with van der Waals surface area (Å²) in [6, 6.07) is 11.6. The Balaban J connectivity index is 2.02. The SMILES string of the molecule is CC(C)(C)OC(=O)NCc1cccc(-c2ccc(C=O)s2)c1. The first-order valence-electron chi connectivity index (χ1n) is 6.98. The van der Waals surface area contributed by atoms with Crippen LogP contribution < -0.4 is 5.32 Å². The second kappa shape index (κ2) is 6.75. The Morgan fingerprint density at radius 1 is 1.27 bits per heavy atom. The maximum atomic E-state index is 11.7. The van der Waals surface area contributed by atoms with Crippen LogP contribution in [0.4, 0.5) is 4.79 Å². The van der Waals surface area contributed by atoms with Gasteiger partial charge in [-0.1, -0.05) is 18.2 Å². The fraction of sp³-hybridized carbons (Fsp3) is 0.294. The summed E-state index contributed by atoms with van der Waals surface area (Å²) in [7, 11) is 0. The zero-order chi connectivity index (χ0) is 16.2. The van der Waals surface area contributed by atoms with E-state index in [0.717, 1.165) is 22.3 Å². The van der Waals surface area contributed by atoms with E-state index in [1.165, 1.54) is 11.3 Å². The van der Waals surface area contributed by atoms with Gasteiger partial charge in [0.05, 0.1) is 4.88 Å². The predicted molar refractivity (Wildman–Crippen MR) is 88.2 cm³/mol. The second-order valence-corrected chi connectivity index (χ2v) is 6.99. The van der Waals surface area contributed by atoms with Gasteiger partial charge in [-0.25, -0.2) is 4.79 Å². The molecule has 0 saturated heterocycles. The molecule has 0 aliphatic rings. The highest BCUT2D eigenvalue weighted by Crippen LogP contribution is 2.27. The highest BCUT2D eigenvalue weighted by molar-refractivity contribution is 7.17. The quantitative estimate of drug-likeness (QED) is 0.858. The zero-order valence-corrected chi connectivity index (χ0v) is 13.7. The van der Waals surface area contributed by atoms with Crippen LogP contribution in [0.25, 0.3) is 10.4 Å². The monoisotopic (exact) mass is 317 g/mol. The van der Waals surface area contributed by atoms with Crippen LogP contribution in [0, 0.1) is 0 Å². The van der Waals surface area contributed by atoms with Crippen molar-refractivity contribution in [2.24, 2.45) is 0 Å². The summed E-state index contributed by atoms with van der Waals surface area (Å²) in [6.45, 7) is 5.88. The molecule has 22 heavy (non-hydrogen) atoms. The number of nitrogens with one attached hydrogen (secondary N) is 1. The van der Waals surface area contributed by atoms with E-state index < -0.39 is 11.7 Å². The number of aldehydes is 1. The normalized spacial score (nSPS) is 11.0. The second-order valence-electron chi connectivity index (χ2n) is 5.88. The maximum Gasteiger partial charge on any atom is 0.407 e. The number of hydrogen-bond acceptors (Lipinski definition) is 4. The van der Waals surface area contributed by atoms with E-state index in [2.05, 4.69) is 5.32 Å². The standard InChI is InChI=1S/C17H19NO3S/c1-17(2,3)21-16(20)18-10-12-5-4-6-13(9-12)15-8-7-14(11-19)22-15/h4-9,11H,10H2,1-3H3,(H,18,20). The number of hydrogen-bond donors (Lipinski definition) is 1. The Kier molecular flexibility index (Phi) is 4.98. The fourth-order valence-corrected chi connectivity index (χ4v) is 2.71. The van der Waals surface area contributed by atoms with Crippen molar-refractivity contribution in [3.05, 3.63) is 46.8 Å². The molecule has 0 saturated carbocycles. The lowest BCUT2D eigenvalue weighted by atomic mass is 10.1. The molecule has 2 rings (SSSR count). The van der Waals surface area contributed by atoms with Gasteiger partial charge in [0.1, 0.15) is 5.60 Å². The van der Waals surface area contributed by atoms with Crippen molar-refractivity contribution >= 4 is 23.7 Å². The van der Waals surface area contributed by atoms with Crippen LogP contribution in [0.15, 0.2) is 36.4 Å². The molecule has 1 amide bonds. The molecule has 0 unspecified atom stereocenters. The average Bonchev–Trinajstić information content (AvgIpc) is 2.93. The predicted octanol–water partition coefficient (Wildman–Crippen LogP) is 4.25. The van der Waals surface area contributed by atoms with Gasteiger partial charge in [-0.15, -0.1) is 11.3 Å². The van der Waals surface area contributed by atoms with Gasteiger partial charge in [0.2, 0.25) is 0 Å². The summed E-state index contributed by atoms with van der Waals surface area (Å²) in [4.78, 5) is 24.1. The molecule has 0 aliphatic carbocycles. The van der Waals surface area contributed by atoms with E-state index in [0.29, 0.717) is 11.4 Å². The fourth-order valence-electron chi connectivity index (χ4n) is 1.89. The van der Waals surface area contributed by atoms with Gasteiger partial charge in [0, 0.05) is 11.4 Å². The van der Waals surface area contributed by atoms with Crippen LogP contribution >= 0.6 is 11.3 Å². The molecule has 0 fully saturated rings. The first-order valence-corrected chi connectivity index (χ1v) is 7.80. The first-order chi connectivity index (χ1) is 10.4. The van der Waals surface area contributed by atoms with Crippen LogP contribution in [0.2, 0.25) is 0 Å². The van der Waals surface area contributed by atoms with Crippen LogP contribution in [0.1, 0.15) is 36.0 Å². The number of rotatable bonds is 4. The third kappa shape index (κ3) is 4.70. The topological polar surface area (TPSA) is 55.4 Å².